The van der Waals surface area contributed by atoms with Crippen LogP contribution in [0.15, 0.2) is 16.3 Å². The topological polar surface area (TPSA) is 75.3 Å². The van der Waals surface area contributed by atoms with Gasteiger partial charge in [-0.2, -0.15) is 8.78 Å². The van der Waals surface area contributed by atoms with Crippen LogP contribution in [-0.2, 0) is 9.84 Å². The molecule has 1 atom stereocenters. The van der Waals surface area contributed by atoms with Crippen molar-refractivity contribution in [3.05, 3.63) is 16.3 Å². The zero-order valence-electron chi connectivity index (χ0n) is 10.7. The number of sulfone groups is 1. The Kier molecular flexibility index (Phi) is 7.56. The fourth-order valence-electron chi connectivity index (χ4n) is 1.21. The van der Waals surface area contributed by atoms with Crippen LogP contribution in [0.1, 0.15) is 16.6 Å². The Morgan fingerprint density at radius 2 is 2.05 bits per heavy atom. The van der Waals surface area contributed by atoms with E-state index in [1.807, 2.05) is 6.92 Å². The molecule has 0 radical (unpaired) electrons. The molecule has 1 rings (SSSR count). The highest BCUT2D eigenvalue weighted by Gasteiger charge is 2.32. The third-order valence-corrected chi connectivity index (χ3v) is 4.90. The molecule has 1 amide bonds. The number of alkyl halides is 2. The monoisotopic (exact) mass is 348 g/mol. The van der Waals surface area contributed by atoms with Crippen LogP contribution in [0.2, 0.25) is 0 Å². The zero-order chi connectivity index (χ0) is 14.6. The van der Waals surface area contributed by atoms with E-state index >= 15 is 0 Å². The Hall–Kier alpha value is -0.770. The first kappa shape index (κ1) is 19.2. The third-order valence-electron chi connectivity index (χ3n) is 2.44. The number of amides is 1. The fourth-order valence-corrected chi connectivity index (χ4v) is 3.29. The Labute approximate surface area is 126 Å². The van der Waals surface area contributed by atoms with Crippen molar-refractivity contribution in [2.75, 3.05) is 13.6 Å². The summed E-state index contributed by atoms with van der Waals surface area (Å²) in [6, 6.07) is 1.00. The molecule has 0 fully saturated rings. The Morgan fingerprint density at radius 3 is 2.55 bits per heavy atom. The maximum Gasteiger partial charge on any atom is 0.341 e. The standard InChI is InChI=1S/C10H14F2N2O3S2.ClH/c1-6(13-2)5-14-9(15)8-7(3-4-18-8)19(16,17)10(11)12;/h3-4,6,10,13H,5H2,1-2H3,(H,14,15);1H. The molecule has 10 heteroatoms. The summed E-state index contributed by atoms with van der Waals surface area (Å²) < 4.78 is 47.7. The molecule has 1 unspecified atom stereocenters. The lowest BCUT2D eigenvalue weighted by atomic mass is 10.3. The van der Waals surface area contributed by atoms with Gasteiger partial charge in [0, 0.05) is 12.6 Å². The average Bonchev–Trinajstić information content (AvgIpc) is 2.84. The van der Waals surface area contributed by atoms with Crippen molar-refractivity contribution in [3.8, 4) is 0 Å². The van der Waals surface area contributed by atoms with Gasteiger partial charge in [0.15, 0.2) is 0 Å². The highest BCUT2D eigenvalue weighted by molar-refractivity contribution is 7.92. The van der Waals surface area contributed by atoms with Crippen LogP contribution >= 0.6 is 23.7 Å². The molecule has 20 heavy (non-hydrogen) atoms. The van der Waals surface area contributed by atoms with Crippen molar-refractivity contribution in [2.45, 2.75) is 23.6 Å². The van der Waals surface area contributed by atoms with Crippen LogP contribution in [0.4, 0.5) is 8.78 Å². The zero-order valence-corrected chi connectivity index (χ0v) is 13.2. The lowest BCUT2D eigenvalue weighted by Crippen LogP contribution is -2.37. The normalized spacial score (nSPS) is 12.8. The van der Waals surface area contributed by atoms with Crippen molar-refractivity contribution in [1.29, 1.82) is 0 Å². The summed E-state index contributed by atoms with van der Waals surface area (Å²) in [6.07, 6.45) is 0. The third kappa shape index (κ3) is 4.37. The highest BCUT2D eigenvalue weighted by Crippen LogP contribution is 2.26. The minimum absolute atomic E-state index is 0. The van der Waals surface area contributed by atoms with Crippen molar-refractivity contribution >= 4 is 39.5 Å². The van der Waals surface area contributed by atoms with E-state index in [1.54, 1.807) is 7.05 Å². The molecule has 1 aromatic heterocycles. The second-order valence-electron chi connectivity index (χ2n) is 3.82. The van der Waals surface area contributed by atoms with Gasteiger partial charge >= 0.3 is 5.76 Å². The number of hydrogen-bond donors (Lipinski definition) is 2. The number of thiophene rings is 1. The number of likely N-dealkylation sites (N-methyl/N-ethyl adjacent to an activating group) is 1. The van der Waals surface area contributed by atoms with E-state index in [2.05, 4.69) is 10.6 Å². The van der Waals surface area contributed by atoms with Gasteiger partial charge in [-0.25, -0.2) is 8.42 Å². The van der Waals surface area contributed by atoms with E-state index in [9.17, 15) is 22.0 Å². The first-order chi connectivity index (χ1) is 8.80. The summed E-state index contributed by atoms with van der Waals surface area (Å²) in [5, 5.41) is 6.66. The molecule has 1 heterocycles. The molecule has 0 saturated heterocycles. The minimum atomic E-state index is -4.75. The fraction of sp³-hybridized carbons (Fsp3) is 0.500. The highest BCUT2D eigenvalue weighted by atomic mass is 35.5. The summed E-state index contributed by atoms with van der Waals surface area (Å²) in [7, 11) is -3.05. The molecule has 0 spiro atoms. The molecule has 1 aromatic rings. The number of rotatable bonds is 6. The van der Waals surface area contributed by atoms with Crippen molar-refractivity contribution < 1.29 is 22.0 Å². The van der Waals surface area contributed by atoms with E-state index < -0.39 is 26.4 Å². The summed E-state index contributed by atoms with van der Waals surface area (Å²) >= 11 is 0.816. The number of nitrogens with one attached hydrogen (secondary N) is 2. The molecule has 0 aliphatic rings. The number of carbonyl (C=O) groups is 1. The van der Waals surface area contributed by atoms with Gasteiger partial charge in [-0.15, -0.1) is 23.7 Å². The van der Waals surface area contributed by atoms with E-state index in [-0.39, 0.29) is 29.9 Å². The molecule has 0 aromatic carbocycles. The van der Waals surface area contributed by atoms with Crippen LogP contribution < -0.4 is 10.6 Å². The summed E-state index contributed by atoms with van der Waals surface area (Å²) in [5.41, 5.74) is 0. The Morgan fingerprint density at radius 1 is 1.45 bits per heavy atom. The van der Waals surface area contributed by atoms with Crippen LogP contribution in [0.3, 0.4) is 0 Å². The van der Waals surface area contributed by atoms with Gasteiger partial charge in [-0.1, -0.05) is 0 Å². The summed E-state index contributed by atoms with van der Waals surface area (Å²) in [6.45, 7) is 2.08. The van der Waals surface area contributed by atoms with Crippen LogP contribution in [-0.4, -0.2) is 39.7 Å². The van der Waals surface area contributed by atoms with Gasteiger partial charge in [0.2, 0.25) is 9.84 Å². The molecular formula is C10H15ClF2N2O3S2. The summed E-state index contributed by atoms with van der Waals surface area (Å²) in [4.78, 5) is 10.9. The number of hydrogen-bond acceptors (Lipinski definition) is 5. The van der Waals surface area contributed by atoms with Crippen LogP contribution in [0.25, 0.3) is 0 Å². The molecule has 116 valence electrons. The van der Waals surface area contributed by atoms with E-state index in [0.29, 0.717) is 0 Å². The van der Waals surface area contributed by atoms with Crippen molar-refractivity contribution in [1.82, 2.24) is 10.6 Å². The van der Waals surface area contributed by atoms with E-state index in [1.165, 1.54) is 5.38 Å². The summed E-state index contributed by atoms with van der Waals surface area (Å²) in [5.74, 6) is -4.21. The number of carbonyl (C=O) groups excluding carboxylic acids is 1. The molecule has 0 aliphatic carbocycles. The molecule has 0 bridgehead atoms. The van der Waals surface area contributed by atoms with Gasteiger partial charge < -0.3 is 10.6 Å². The molecule has 5 nitrogen and oxygen atoms in total. The minimum Gasteiger partial charge on any atom is -0.350 e. The van der Waals surface area contributed by atoms with Crippen LogP contribution in [0, 0.1) is 0 Å². The SMILES string of the molecule is CNC(C)CNC(=O)c1sccc1S(=O)(=O)C(F)F.Cl. The number of halogens is 3. The smallest absolute Gasteiger partial charge is 0.341 e. The van der Waals surface area contributed by atoms with Crippen molar-refractivity contribution in [2.24, 2.45) is 0 Å². The lowest BCUT2D eigenvalue weighted by Gasteiger charge is -2.11. The van der Waals surface area contributed by atoms with Crippen LogP contribution in [0.5, 0.6) is 0 Å². The van der Waals surface area contributed by atoms with Gasteiger partial charge in [0.05, 0.1) is 4.90 Å². The quantitative estimate of drug-likeness (QED) is 0.817. The van der Waals surface area contributed by atoms with Crippen molar-refractivity contribution in [3.63, 3.8) is 0 Å². The molecule has 0 aliphatic heterocycles. The molecular weight excluding hydrogens is 334 g/mol. The second kappa shape index (κ2) is 7.87. The van der Waals surface area contributed by atoms with Gasteiger partial charge in [-0.05, 0) is 25.4 Å². The van der Waals surface area contributed by atoms with Gasteiger partial charge in [-0.3, -0.25) is 4.79 Å². The largest absolute Gasteiger partial charge is 0.350 e. The predicted octanol–water partition coefficient (Wildman–Crippen LogP) is 1.50. The Bertz CT molecular complexity index is 548. The predicted molar refractivity (Wildman–Crippen MR) is 75.6 cm³/mol. The maximum absolute atomic E-state index is 12.5. The first-order valence-electron chi connectivity index (χ1n) is 5.35. The van der Waals surface area contributed by atoms with Gasteiger partial charge in [0.1, 0.15) is 4.88 Å². The molecule has 0 saturated carbocycles. The van der Waals surface area contributed by atoms with Gasteiger partial charge in [0.25, 0.3) is 5.91 Å². The molecule has 2 N–H and O–H groups in total. The average molecular weight is 349 g/mol. The van der Waals surface area contributed by atoms with E-state index in [4.69, 9.17) is 0 Å². The first-order valence-corrected chi connectivity index (χ1v) is 7.78. The van der Waals surface area contributed by atoms with E-state index in [0.717, 1.165) is 17.4 Å². The maximum atomic E-state index is 12.5. The lowest BCUT2D eigenvalue weighted by molar-refractivity contribution is 0.0951. The Balaban J connectivity index is 0.00000361. The second-order valence-corrected chi connectivity index (χ2v) is 6.62.